The van der Waals surface area contributed by atoms with Gasteiger partial charge in [0.05, 0.1) is 5.69 Å². The second-order valence-electron chi connectivity index (χ2n) is 5.25. The summed E-state index contributed by atoms with van der Waals surface area (Å²) >= 11 is 12.6. The highest BCUT2D eigenvalue weighted by Gasteiger charge is 2.20. The fourth-order valence-corrected chi connectivity index (χ4v) is 3.08. The lowest BCUT2D eigenvalue weighted by atomic mass is 9.95. The van der Waals surface area contributed by atoms with E-state index in [9.17, 15) is 0 Å². The summed E-state index contributed by atoms with van der Waals surface area (Å²) in [6.45, 7) is 7.03. The zero-order chi connectivity index (χ0) is 15.6. The van der Waals surface area contributed by atoms with Gasteiger partial charge < -0.3 is 5.32 Å². The summed E-state index contributed by atoms with van der Waals surface area (Å²) in [6, 6.07) is 6.21. The normalized spacial score (nSPS) is 12.7. The van der Waals surface area contributed by atoms with Crippen molar-refractivity contribution in [2.24, 2.45) is 7.05 Å². The topological polar surface area (TPSA) is 29.9 Å². The average molecular weight is 326 g/mol. The summed E-state index contributed by atoms with van der Waals surface area (Å²) in [4.78, 5) is 0. The summed E-state index contributed by atoms with van der Waals surface area (Å²) < 4.78 is 1.72. The Kier molecular flexibility index (Phi) is 5.31. The lowest BCUT2D eigenvalue weighted by Gasteiger charge is -2.21. The molecule has 0 fully saturated rings. The van der Waals surface area contributed by atoms with E-state index >= 15 is 0 Å². The van der Waals surface area contributed by atoms with Crippen molar-refractivity contribution in [3.05, 3.63) is 50.8 Å². The minimum absolute atomic E-state index is 0.175. The smallest absolute Gasteiger partial charge is 0.130 e. The van der Waals surface area contributed by atoms with E-state index in [0.29, 0.717) is 5.15 Å². The molecule has 1 unspecified atom stereocenters. The van der Waals surface area contributed by atoms with Gasteiger partial charge in [-0.1, -0.05) is 42.3 Å². The van der Waals surface area contributed by atoms with E-state index in [1.54, 1.807) is 4.68 Å². The fourth-order valence-electron chi connectivity index (χ4n) is 2.65. The molecule has 2 rings (SSSR count). The highest BCUT2D eigenvalue weighted by atomic mass is 35.5. The maximum Gasteiger partial charge on any atom is 0.130 e. The zero-order valence-electron chi connectivity index (χ0n) is 12.9. The van der Waals surface area contributed by atoms with Crippen LogP contribution >= 0.6 is 23.2 Å². The van der Waals surface area contributed by atoms with Crippen LogP contribution in [0.4, 0.5) is 0 Å². The molecule has 0 saturated carbocycles. The Labute approximate surface area is 136 Å². The molecule has 5 heteroatoms. The van der Waals surface area contributed by atoms with Crippen LogP contribution in [0.5, 0.6) is 0 Å². The van der Waals surface area contributed by atoms with E-state index < -0.39 is 0 Å². The van der Waals surface area contributed by atoms with Crippen molar-refractivity contribution in [2.75, 3.05) is 6.54 Å². The maximum atomic E-state index is 6.36. The molecule has 0 amide bonds. The first kappa shape index (κ1) is 16.3. The van der Waals surface area contributed by atoms with Gasteiger partial charge in [0.25, 0.3) is 0 Å². The van der Waals surface area contributed by atoms with Crippen LogP contribution in [0.15, 0.2) is 18.2 Å². The Balaban J connectivity index is 2.38. The third kappa shape index (κ3) is 3.42. The van der Waals surface area contributed by atoms with E-state index in [0.717, 1.165) is 34.8 Å². The molecule has 0 spiro atoms. The molecule has 21 heavy (non-hydrogen) atoms. The van der Waals surface area contributed by atoms with E-state index in [1.807, 2.05) is 26.1 Å². The molecule has 0 aliphatic carbocycles. The SMILES string of the molecule is CCNC(Cc1c(C)nn(C)c1Cl)c1cccc(Cl)c1C. The van der Waals surface area contributed by atoms with E-state index in [2.05, 4.69) is 30.3 Å². The van der Waals surface area contributed by atoms with Crippen molar-refractivity contribution >= 4 is 23.2 Å². The molecule has 0 aliphatic rings. The Morgan fingerprint density at radius 2 is 2.00 bits per heavy atom. The third-order valence-electron chi connectivity index (χ3n) is 3.81. The molecule has 0 radical (unpaired) electrons. The van der Waals surface area contributed by atoms with Gasteiger partial charge in [0.15, 0.2) is 0 Å². The van der Waals surface area contributed by atoms with E-state index in [4.69, 9.17) is 23.2 Å². The number of aryl methyl sites for hydroxylation is 2. The predicted octanol–water partition coefficient (Wildman–Crippen LogP) is 4.24. The lowest BCUT2D eigenvalue weighted by molar-refractivity contribution is 0.546. The number of aromatic nitrogens is 2. The van der Waals surface area contributed by atoms with Gasteiger partial charge >= 0.3 is 0 Å². The van der Waals surface area contributed by atoms with Crippen LogP contribution in [0, 0.1) is 13.8 Å². The van der Waals surface area contributed by atoms with Gasteiger partial charge in [-0.2, -0.15) is 5.10 Å². The average Bonchev–Trinajstić information content (AvgIpc) is 2.68. The monoisotopic (exact) mass is 325 g/mol. The molecule has 1 N–H and O–H groups in total. The highest BCUT2D eigenvalue weighted by molar-refractivity contribution is 6.31. The Bertz CT molecular complexity index is 635. The van der Waals surface area contributed by atoms with Crippen LogP contribution in [0.3, 0.4) is 0 Å². The molecule has 1 aromatic carbocycles. The second kappa shape index (κ2) is 6.82. The third-order valence-corrected chi connectivity index (χ3v) is 4.70. The number of nitrogens with one attached hydrogen (secondary N) is 1. The summed E-state index contributed by atoms with van der Waals surface area (Å²) in [6.07, 6.45) is 0.799. The van der Waals surface area contributed by atoms with Crippen molar-refractivity contribution in [1.82, 2.24) is 15.1 Å². The van der Waals surface area contributed by atoms with E-state index in [-0.39, 0.29) is 6.04 Å². The molecule has 0 bridgehead atoms. The summed E-state index contributed by atoms with van der Waals surface area (Å²) in [5.41, 5.74) is 4.39. The van der Waals surface area contributed by atoms with Gasteiger partial charge in [0.1, 0.15) is 5.15 Å². The number of rotatable bonds is 5. The standard InChI is InChI=1S/C16H21Cl2N3/c1-5-19-15(12-7-6-8-14(17)10(12)2)9-13-11(3)20-21(4)16(13)18/h6-8,15,19H,5,9H2,1-4H3. The maximum absolute atomic E-state index is 6.36. The molecule has 2 aromatic rings. The number of halogens is 2. The van der Waals surface area contributed by atoms with Crippen molar-refractivity contribution in [1.29, 1.82) is 0 Å². The number of likely N-dealkylation sites (N-methyl/N-ethyl adjacent to an activating group) is 1. The van der Waals surface area contributed by atoms with Crippen molar-refractivity contribution in [3.8, 4) is 0 Å². The van der Waals surface area contributed by atoms with Crippen LogP contribution in [0.25, 0.3) is 0 Å². The van der Waals surface area contributed by atoms with Gasteiger partial charge in [-0.25, -0.2) is 0 Å². The van der Waals surface area contributed by atoms with E-state index in [1.165, 1.54) is 5.56 Å². The van der Waals surface area contributed by atoms with Gasteiger partial charge in [-0.3, -0.25) is 4.68 Å². The number of benzene rings is 1. The van der Waals surface area contributed by atoms with Gasteiger partial charge in [0, 0.05) is 23.7 Å². The summed E-state index contributed by atoms with van der Waals surface area (Å²) in [5, 5.41) is 9.41. The van der Waals surface area contributed by atoms with Gasteiger partial charge in [0.2, 0.25) is 0 Å². The quantitative estimate of drug-likeness (QED) is 0.891. The molecule has 1 heterocycles. The first-order chi connectivity index (χ1) is 9.95. The first-order valence-electron chi connectivity index (χ1n) is 7.12. The molecule has 0 aliphatic heterocycles. The molecule has 1 atom stereocenters. The van der Waals surface area contributed by atoms with Crippen molar-refractivity contribution in [3.63, 3.8) is 0 Å². The fraction of sp³-hybridized carbons (Fsp3) is 0.438. The largest absolute Gasteiger partial charge is 0.310 e. The second-order valence-corrected chi connectivity index (χ2v) is 6.01. The number of hydrogen-bond acceptors (Lipinski definition) is 2. The van der Waals surface area contributed by atoms with Crippen molar-refractivity contribution < 1.29 is 0 Å². The minimum Gasteiger partial charge on any atom is -0.310 e. The molecule has 114 valence electrons. The lowest BCUT2D eigenvalue weighted by Crippen LogP contribution is -2.24. The number of nitrogens with zero attached hydrogens (tertiary/aromatic N) is 2. The Morgan fingerprint density at radius 3 is 2.57 bits per heavy atom. The van der Waals surface area contributed by atoms with Crippen LogP contribution < -0.4 is 5.32 Å². The van der Waals surface area contributed by atoms with Gasteiger partial charge in [-0.15, -0.1) is 0 Å². The van der Waals surface area contributed by atoms with Crippen LogP contribution in [-0.2, 0) is 13.5 Å². The first-order valence-corrected chi connectivity index (χ1v) is 7.87. The highest BCUT2D eigenvalue weighted by Crippen LogP contribution is 2.29. The van der Waals surface area contributed by atoms with Crippen LogP contribution in [-0.4, -0.2) is 16.3 Å². The Hall–Kier alpha value is -1.03. The summed E-state index contributed by atoms with van der Waals surface area (Å²) in [7, 11) is 1.87. The van der Waals surface area contributed by atoms with Gasteiger partial charge in [-0.05, 0) is 44.0 Å². The van der Waals surface area contributed by atoms with Crippen LogP contribution in [0.1, 0.15) is 35.3 Å². The Morgan fingerprint density at radius 1 is 1.29 bits per heavy atom. The summed E-state index contributed by atoms with van der Waals surface area (Å²) in [5.74, 6) is 0. The zero-order valence-corrected chi connectivity index (χ0v) is 14.4. The molecular formula is C16H21Cl2N3. The molecular weight excluding hydrogens is 305 g/mol. The van der Waals surface area contributed by atoms with Crippen molar-refractivity contribution in [2.45, 2.75) is 33.2 Å². The number of hydrogen-bond donors (Lipinski definition) is 1. The predicted molar refractivity (Wildman–Crippen MR) is 89.3 cm³/mol. The molecule has 3 nitrogen and oxygen atoms in total. The van der Waals surface area contributed by atoms with Crippen LogP contribution in [0.2, 0.25) is 10.2 Å². The molecule has 1 aromatic heterocycles. The minimum atomic E-state index is 0.175. The molecule has 0 saturated heterocycles.